The van der Waals surface area contributed by atoms with Gasteiger partial charge in [-0.15, -0.1) is 0 Å². The van der Waals surface area contributed by atoms with Crippen molar-refractivity contribution in [3.8, 4) is 89.8 Å². The van der Waals surface area contributed by atoms with Crippen molar-refractivity contribution in [1.29, 1.82) is 0 Å². The number of benzene rings is 8. The monoisotopic (exact) mass is 689 g/mol. The summed E-state index contributed by atoms with van der Waals surface area (Å²) in [4.78, 5) is 15.3. The van der Waals surface area contributed by atoms with Crippen LogP contribution >= 0.6 is 0 Å². The van der Waals surface area contributed by atoms with Crippen molar-refractivity contribution in [2.75, 3.05) is 0 Å². The van der Waals surface area contributed by atoms with E-state index in [1.807, 2.05) is 18.2 Å². The van der Waals surface area contributed by atoms with E-state index in [0.717, 1.165) is 44.5 Å². The summed E-state index contributed by atoms with van der Waals surface area (Å²) in [6.45, 7) is 0. The van der Waals surface area contributed by atoms with Crippen molar-refractivity contribution in [1.82, 2.24) is 15.0 Å². The predicted molar refractivity (Wildman–Crippen MR) is 223 cm³/mol. The van der Waals surface area contributed by atoms with E-state index in [2.05, 4.69) is 194 Å². The first-order valence-corrected chi connectivity index (χ1v) is 18.2. The van der Waals surface area contributed by atoms with Crippen molar-refractivity contribution in [2.45, 2.75) is 0 Å². The molecule has 0 fully saturated rings. The Morgan fingerprint density at radius 2 is 0.389 bits per heavy atom. The fraction of sp³-hybridized carbons (Fsp3) is 0. The summed E-state index contributed by atoms with van der Waals surface area (Å²) < 4.78 is 0. The third-order valence-corrected chi connectivity index (χ3v) is 9.76. The quantitative estimate of drug-likeness (QED) is 0.159. The highest BCUT2D eigenvalue weighted by Crippen LogP contribution is 2.33. The fourth-order valence-corrected chi connectivity index (χ4v) is 6.88. The van der Waals surface area contributed by atoms with Crippen LogP contribution in [-0.4, -0.2) is 15.0 Å². The van der Waals surface area contributed by atoms with E-state index in [1.165, 1.54) is 27.8 Å². The molecule has 0 saturated heterocycles. The second-order valence-corrected chi connectivity index (χ2v) is 13.3. The van der Waals surface area contributed by atoms with Crippen LogP contribution < -0.4 is 0 Å². The van der Waals surface area contributed by atoms with Crippen LogP contribution in [0.2, 0.25) is 0 Å². The van der Waals surface area contributed by atoms with Gasteiger partial charge in [0.1, 0.15) is 0 Å². The van der Waals surface area contributed by atoms with Gasteiger partial charge in [-0.05, 0) is 73.8 Å². The van der Waals surface area contributed by atoms with E-state index in [9.17, 15) is 0 Å². The van der Waals surface area contributed by atoms with Crippen molar-refractivity contribution < 1.29 is 0 Å². The van der Waals surface area contributed by atoms with E-state index in [1.54, 1.807) is 0 Å². The topological polar surface area (TPSA) is 38.7 Å². The molecule has 0 N–H and O–H groups in total. The van der Waals surface area contributed by atoms with Gasteiger partial charge in [0.2, 0.25) is 0 Å². The van der Waals surface area contributed by atoms with Crippen LogP contribution in [0.3, 0.4) is 0 Å². The Balaban J connectivity index is 1.11. The van der Waals surface area contributed by atoms with Gasteiger partial charge >= 0.3 is 0 Å². The molecule has 3 heteroatoms. The van der Waals surface area contributed by atoms with Crippen molar-refractivity contribution in [3.05, 3.63) is 212 Å². The zero-order chi connectivity index (χ0) is 36.1. The van der Waals surface area contributed by atoms with Crippen LogP contribution in [0, 0.1) is 0 Å². The predicted octanol–water partition coefficient (Wildman–Crippen LogP) is 13.2. The molecule has 0 aliphatic rings. The zero-order valence-electron chi connectivity index (χ0n) is 29.5. The van der Waals surface area contributed by atoms with Crippen LogP contribution in [0.5, 0.6) is 0 Å². The Morgan fingerprint density at radius 3 is 0.778 bits per heavy atom. The van der Waals surface area contributed by atoms with E-state index in [4.69, 9.17) is 15.0 Å². The fourth-order valence-electron chi connectivity index (χ4n) is 6.88. The molecule has 0 bridgehead atoms. The van der Waals surface area contributed by atoms with Gasteiger partial charge in [0.05, 0.1) is 0 Å². The minimum atomic E-state index is 0.626. The number of aromatic nitrogens is 3. The first kappa shape index (κ1) is 32.7. The molecule has 1 aromatic heterocycles. The minimum absolute atomic E-state index is 0.626. The molecule has 0 saturated carbocycles. The summed E-state index contributed by atoms with van der Waals surface area (Å²) in [6, 6.07) is 74.1. The summed E-state index contributed by atoms with van der Waals surface area (Å²) >= 11 is 0. The highest BCUT2D eigenvalue weighted by molar-refractivity contribution is 5.78. The van der Waals surface area contributed by atoms with Gasteiger partial charge in [0, 0.05) is 16.7 Å². The Hall–Kier alpha value is -7.23. The first-order valence-electron chi connectivity index (χ1n) is 18.2. The van der Waals surface area contributed by atoms with Gasteiger partial charge in [-0.3, -0.25) is 0 Å². The lowest BCUT2D eigenvalue weighted by atomic mass is 9.98. The molecule has 0 unspecified atom stereocenters. The average Bonchev–Trinajstić information content (AvgIpc) is 3.27. The van der Waals surface area contributed by atoms with Crippen molar-refractivity contribution >= 4 is 0 Å². The first-order chi connectivity index (χ1) is 26.7. The van der Waals surface area contributed by atoms with E-state index >= 15 is 0 Å². The lowest BCUT2D eigenvalue weighted by molar-refractivity contribution is 1.07. The molecule has 0 aliphatic heterocycles. The number of rotatable bonds is 8. The smallest absolute Gasteiger partial charge is 0.164 e. The van der Waals surface area contributed by atoms with Gasteiger partial charge in [0.15, 0.2) is 17.5 Å². The second kappa shape index (κ2) is 14.8. The highest BCUT2D eigenvalue weighted by Gasteiger charge is 2.15. The largest absolute Gasteiger partial charge is 0.208 e. The van der Waals surface area contributed by atoms with Crippen LogP contribution in [0.1, 0.15) is 0 Å². The van der Waals surface area contributed by atoms with Gasteiger partial charge in [-0.2, -0.15) is 0 Å². The molecule has 0 aliphatic carbocycles. The van der Waals surface area contributed by atoms with E-state index < -0.39 is 0 Å². The lowest BCUT2D eigenvalue weighted by Gasteiger charge is -2.12. The Bertz CT molecular complexity index is 2670. The normalized spacial score (nSPS) is 11.0. The van der Waals surface area contributed by atoms with Crippen LogP contribution in [-0.2, 0) is 0 Å². The maximum Gasteiger partial charge on any atom is 0.164 e. The molecule has 8 aromatic carbocycles. The van der Waals surface area contributed by atoms with E-state index in [0.29, 0.717) is 17.5 Å². The van der Waals surface area contributed by atoms with Crippen LogP contribution in [0.15, 0.2) is 212 Å². The Labute approximate surface area is 316 Å². The van der Waals surface area contributed by atoms with Crippen molar-refractivity contribution in [2.24, 2.45) is 0 Å². The van der Waals surface area contributed by atoms with Crippen molar-refractivity contribution in [3.63, 3.8) is 0 Å². The van der Waals surface area contributed by atoms with Gasteiger partial charge < -0.3 is 0 Å². The minimum Gasteiger partial charge on any atom is -0.208 e. The van der Waals surface area contributed by atoms with Gasteiger partial charge in [-0.25, -0.2) is 15.0 Å². The van der Waals surface area contributed by atoms with Crippen LogP contribution in [0.25, 0.3) is 89.8 Å². The molecule has 0 radical (unpaired) electrons. The van der Waals surface area contributed by atoms with Crippen LogP contribution in [0.4, 0.5) is 0 Å². The summed E-state index contributed by atoms with van der Waals surface area (Å²) in [5.74, 6) is 1.88. The number of hydrogen-bond acceptors (Lipinski definition) is 3. The molecular weight excluding hydrogens is 655 g/mol. The highest BCUT2D eigenvalue weighted by atomic mass is 15.0. The Kier molecular flexibility index (Phi) is 8.94. The third kappa shape index (κ3) is 6.99. The molecule has 54 heavy (non-hydrogen) atoms. The molecule has 3 nitrogen and oxygen atoms in total. The summed E-state index contributed by atoms with van der Waals surface area (Å²) in [7, 11) is 0. The molecule has 0 spiro atoms. The summed E-state index contributed by atoms with van der Waals surface area (Å²) in [5.41, 5.74) is 14.3. The average molecular weight is 690 g/mol. The molecule has 9 aromatic rings. The molecule has 9 rings (SSSR count). The molecule has 0 amide bonds. The zero-order valence-corrected chi connectivity index (χ0v) is 29.5. The maximum absolute atomic E-state index is 5.13. The molecule has 1 heterocycles. The molecular formula is C51H35N3. The Morgan fingerprint density at radius 1 is 0.167 bits per heavy atom. The van der Waals surface area contributed by atoms with Gasteiger partial charge in [0.25, 0.3) is 0 Å². The standard InChI is InChI=1S/C51H35N3/c1-4-13-36(14-5-1)39-25-27-41(28-26-39)44-20-11-23-47(34-44)50-52-49(42-31-29-40(30-32-42)37-15-6-2-7-16-37)53-51(54-50)48-24-12-22-46(35-48)45-21-10-19-43(33-45)38-17-8-3-9-18-38/h1-35H. The number of nitrogens with zero attached hydrogens (tertiary/aromatic N) is 3. The summed E-state index contributed by atoms with van der Waals surface area (Å²) in [6.07, 6.45) is 0. The lowest BCUT2D eigenvalue weighted by Crippen LogP contribution is -2.00. The third-order valence-electron chi connectivity index (χ3n) is 9.76. The maximum atomic E-state index is 5.13. The SMILES string of the molecule is c1ccc(-c2ccc(-c3cccc(-c4nc(-c5ccc(-c6ccccc6)cc5)nc(-c5cccc(-c6cccc(-c7ccccc7)c6)c5)n4)c3)cc2)cc1. The van der Waals surface area contributed by atoms with E-state index in [-0.39, 0.29) is 0 Å². The second-order valence-electron chi connectivity index (χ2n) is 13.3. The molecule has 0 atom stereocenters. The van der Waals surface area contributed by atoms with Gasteiger partial charge in [-0.1, -0.05) is 194 Å². The number of hydrogen-bond donors (Lipinski definition) is 0. The summed E-state index contributed by atoms with van der Waals surface area (Å²) in [5, 5.41) is 0. The molecule has 254 valence electrons.